The number of carbonyl (C=O) groups is 1. The van der Waals surface area contributed by atoms with Crippen LogP contribution in [0.15, 0.2) is 29.9 Å². The van der Waals surface area contributed by atoms with Crippen molar-refractivity contribution in [3.63, 3.8) is 0 Å². The molecule has 0 aliphatic carbocycles. The topological polar surface area (TPSA) is 64.1 Å². The van der Waals surface area contributed by atoms with Gasteiger partial charge >= 0.3 is 0 Å². The van der Waals surface area contributed by atoms with Crippen LogP contribution in [0, 0.1) is 0 Å². The van der Waals surface area contributed by atoms with Gasteiger partial charge in [-0.2, -0.15) is 0 Å². The molecule has 0 saturated heterocycles. The summed E-state index contributed by atoms with van der Waals surface area (Å²) < 4.78 is 0. The number of pyridine rings is 1. The molecule has 18 heavy (non-hydrogen) atoms. The Morgan fingerprint density at radius 3 is 2.94 bits per heavy atom. The molecule has 2 rings (SSSR count). The van der Waals surface area contributed by atoms with Gasteiger partial charge in [0.1, 0.15) is 5.01 Å². The molecule has 0 fully saturated rings. The quantitative estimate of drug-likeness (QED) is 0.836. The Kier molecular flexibility index (Phi) is 4.38. The van der Waals surface area contributed by atoms with Gasteiger partial charge in [-0.15, -0.1) is 11.3 Å². The summed E-state index contributed by atoms with van der Waals surface area (Å²) in [6.07, 6.45) is 4.45. The lowest BCUT2D eigenvalue weighted by Gasteiger charge is -1.99. The molecule has 2 aromatic rings. The first-order chi connectivity index (χ1) is 8.79. The van der Waals surface area contributed by atoms with Crippen LogP contribution in [-0.4, -0.2) is 23.0 Å². The zero-order valence-corrected chi connectivity index (χ0v) is 10.7. The Balaban J connectivity index is 1.97. The minimum Gasteiger partial charge on any atom is -0.277 e. The lowest BCUT2D eigenvalue weighted by molar-refractivity contribution is -0.131. The summed E-state index contributed by atoms with van der Waals surface area (Å²) in [6.45, 7) is 0. The summed E-state index contributed by atoms with van der Waals surface area (Å²) in [5.74, 6) is -0.143. The van der Waals surface area contributed by atoms with E-state index in [1.807, 2.05) is 17.5 Å². The third-order valence-corrected chi connectivity index (χ3v) is 3.24. The van der Waals surface area contributed by atoms with Crippen molar-refractivity contribution < 1.29 is 9.63 Å². The van der Waals surface area contributed by atoms with E-state index in [0.29, 0.717) is 12.8 Å². The van der Waals surface area contributed by atoms with Gasteiger partial charge in [-0.3, -0.25) is 14.6 Å². The molecule has 0 aliphatic rings. The summed E-state index contributed by atoms with van der Waals surface area (Å²) in [5.41, 5.74) is 4.24. The lowest BCUT2D eigenvalue weighted by Crippen LogP contribution is -2.21. The van der Waals surface area contributed by atoms with Crippen LogP contribution in [0.3, 0.4) is 0 Å². The predicted octanol–water partition coefficient (Wildman–Crippen LogP) is 1.82. The molecule has 2 heterocycles. The highest BCUT2D eigenvalue weighted by Gasteiger charge is 2.06. The van der Waals surface area contributed by atoms with E-state index in [2.05, 4.69) is 20.3 Å². The zero-order chi connectivity index (χ0) is 12.8. The number of hydrogen-bond donors (Lipinski definition) is 1. The van der Waals surface area contributed by atoms with Crippen LogP contribution in [0.4, 0.5) is 0 Å². The number of aromatic nitrogens is 2. The van der Waals surface area contributed by atoms with Gasteiger partial charge in [0.05, 0.1) is 12.8 Å². The van der Waals surface area contributed by atoms with Gasteiger partial charge in [0.15, 0.2) is 0 Å². The molecule has 94 valence electrons. The normalized spacial score (nSPS) is 10.3. The Labute approximate surface area is 109 Å². The molecule has 0 atom stereocenters. The van der Waals surface area contributed by atoms with Crippen molar-refractivity contribution in [1.29, 1.82) is 0 Å². The van der Waals surface area contributed by atoms with Crippen molar-refractivity contribution in [1.82, 2.24) is 15.4 Å². The fourth-order valence-electron chi connectivity index (χ4n) is 1.46. The SMILES string of the molecule is CONC(=O)CCc1csc(-c2ccncc2)n1. The molecule has 0 spiro atoms. The van der Waals surface area contributed by atoms with E-state index < -0.39 is 0 Å². The number of rotatable bonds is 5. The van der Waals surface area contributed by atoms with Gasteiger partial charge in [-0.05, 0) is 18.6 Å². The van der Waals surface area contributed by atoms with Crippen LogP contribution < -0.4 is 5.48 Å². The fourth-order valence-corrected chi connectivity index (χ4v) is 2.32. The Morgan fingerprint density at radius 1 is 1.44 bits per heavy atom. The van der Waals surface area contributed by atoms with Crippen LogP contribution in [0.2, 0.25) is 0 Å². The summed E-state index contributed by atoms with van der Waals surface area (Å²) in [4.78, 5) is 24.2. The largest absolute Gasteiger partial charge is 0.277 e. The Bertz CT molecular complexity index is 513. The first-order valence-electron chi connectivity index (χ1n) is 5.46. The highest BCUT2D eigenvalue weighted by molar-refractivity contribution is 7.13. The molecule has 0 radical (unpaired) electrons. The maximum Gasteiger partial charge on any atom is 0.243 e. The molecule has 1 N–H and O–H groups in total. The van der Waals surface area contributed by atoms with E-state index in [4.69, 9.17) is 0 Å². The summed E-state index contributed by atoms with van der Waals surface area (Å²) >= 11 is 1.57. The molecule has 2 aromatic heterocycles. The van der Waals surface area contributed by atoms with E-state index in [-0.39, 0.29) is 5.91 Å². The smallest absolute Gasteiger partial charge is 0.243 e. The van der Waals surface area contributed by atoms with Gasteiger partial charge in [-0.25, -0.2) is 10.5 Å². The van der Waals surface area contributed by atoms with Crippen LogP contribution in [0.25, 0.3) is 10.6 Å². The number of thiazole rings is 1. The second kappa shape index (κ2) is 6.23. The van der Waals surface area contributed by atoms with Crippen molar-refractivity contribution in [3.05, 3.63) is 35.6 Å². The number of aryl methyl sites for hydroxylation is 1. The zero-order valence-electron chi connectivity index (χ0n) is 9.92. The number of nitrogens with zero attached hydrogens (tertiary/aromatic N) is 2. The van der Waals surface area contributed by atoms with Gasteiger partial charge < -0.3 is 0 Å². The molecular formula is C12H13N3O2S. The Hall–Kier alpha value is -1.79. The van der Waals surface area contributed by atoms with E-state index in [1.165, 1.54) is 7.11 Å². The maximum absolute atomic E-state index is 11.2. The fraction of sp³-hybridized carbons (Fsp3) is 0.250. The van der Waals surface area contributed by atoms with Crippen LogP contribution in [0.5, 0.6) is 0 Å². The van der Waals surface area contributed by atoms with E-state index in [1.54, 1.807) is 23.7 Å². The van der Waals surface area contributed by atoms with Crippen LogP contribution in [0.1, 0.15) is 12.1 Å². The summed E-state index contributed by atoms with van der Waals surface area (Å²) in [6, 6.07) is 3.83. The minimum absolute atomic E-state index is 0.143. The standard InChI is InChI=1S/C12H13N3O2S/c1-17-15-11(16)3-2-10-8-18-12(14-10)9-4-6-13-7-5-9/h4-8H,2-3H2,1H3,(H,15,16). The highest BCUT2D eigenvalue weighted by Crippen LogP contribution is 2.23. The average molecular weight is 263 g/mol. The number of nitrogens with one attached hydrogen (secondary N) is 1. The summed E-state index contributed by atoms with van der Waals surface area (Å²) in [5, 5.41) is 2.91. The Morgan fingerprint density at radius 2 is 2.22 bits per heavy atom. The minimum atomic E-state index is -0.143. The first kappa shape index (κ1) is 12.7. The van der Waals surface area contributed by atoms with Gasteiger partial charge in [0, 0.05) is 29.8 Å². The molecule has 5 nitrogen and oxygen atoms in total. The summed E-state index contributed by atoms with van der Waals surface area (Å²) in [7, 11) is 1.42. The van der Waals surface area contributed by atoms with Gasteiger partial charge in [-0.1, -0.05) is 0 Å². The molecule has 0 unspecified atom stereocenters. The van der Waals surface area contributed by atoms with Crippen LogP contribution >= 0.6 is 11.3 Å². The van der Waals surface area contributed by atoms with E-state index >= 15 is 0 Å². The average Bonchev–Trinajstić information content (AvgIpc) is 2.87. The molecule has 0 aliphatic heterocycles. The van der Waals surface area contributed by atoms with Crippen molar-refractivity contribution in [3.8, 4) is 10.6 Å². The van der Waals surface area contributed by atoms with Crippen molar-refractivity contribution in [2.45, 2.75) is 12.8 Å². The maximum atomic E-state index is 11.2. The van der Waals surface area contributed by atoms with Crippen molar-refractivity contribution in [2.75, 3.05) is 7.11 Å². The molecular weight excluding hydrogens is 250 g/mol. The molecule has 0 aromatic carbocycles. The van der Waals surface area contributed by atoms with Crippen LogP contribution in [-0.2, 0) is 16.1 Å². The molecule has 6 heteroatoms. The van der Waals surface area contributed by atoms with Crippen molar-refractivity contribution in [2.24, 2.45) is 0 Å². The van der Waals surface area contributed by atoms with Gasteiger partial charge in [0.25, 0.3) is 0 Å². The first-order valence-corrected chi connectivity index (χ1v) is 6.34. The third-order valence-electron chi connectivity index (χ3n) is 2.30. The second-order valence-corrected chi connectivity index (χ2v) is 4.47. The van der Waals surface area contributed by atoms with E-state index in [9.17, 15) is 4.79 Å². The predicted molar refractivity (Wildman–Crippen MR) is 68.8 cm³/mol. The van der Waals surface area contributed by atoms with Crippen molar-refractivity contribution >= 4 is 17.2 Å². The number of hydrogen-bond acceptors (Lipinski definition) is 5. The number of carbonyl (C=O) groups excluding carboxylic acids is 1. The molecule has 1 amide bonds. The third kappa shape index (κ3) is 3.35. The number of amides is 1. The second-order valence-electron chi connectivity index (χ2n) is 3.61. The lowest BCUT2D eigenvalue weighted by atomic mass is 10.2. The monoisotopic (exact) mass is 263 g/mol. The molecule has 0 saturated carbocycles. The highest BCUT2D eigenvalue weighted by atomic mass is 32.1. The number of hydroxylamine groups is 1. The van der Waals surface area contributed by atoms with Gasteiger partial charge in [0.2, 0.25) is 5.91 Å². The van der Waals surface area contributed by atoms with E-state index in [0.717, 1.165) is 16.3 Å². The molecule has 0 bridgehead atoms.